The lowest BCUT2D eigenvalue weighted by Gasteiger charge is -2.17. The quantitative estimate of drug-likeness (QED) is 0.534. The summed E-state index contributed by atoms with van der Waals surface area (Å²) in [7, 11) is 1.56. The van der Waals surface area contributed by atoms with Crippen LogP contribution in [0.2, 0.25) is 0 Å². The number of terminal acetylenes is 2. The molecular formula is C25H27NO5. The number of aryl methyl sites for hydroxylation is 1. The number of carbonyl (C=O) groups is 1. The van der Waals surface area contributed by atoms with Crippen LogP contribution in [-0.2, 0) is 16.0 Å². The largest absolute Gasteiger partial charge is 0.493 e. The number of ether oxygens (including phenoxy) is 4. The highest BCUT2D eigenvalue weighted by Crippen LogP contribution is 2.28. The zero-order valence-electron chi connectivity index (χ0n) is 17.9. The van der Waals surface area contributed by atoms with Gasteiger partial charge in [-0.3, -0.25) is 4.79 Å². The van der Waals surface area contributed by atoms with Gasteiger partial charge in [-0.05, 0) is 43.2 Å². The summed E-state index contributed by atoms with van der Waals surface area (Å²) < 4.78 is 21.9. The van der Waals surface area contributed by atoms with Crippen LogP contribution >= 0.6 is 0 Å². The molecule has 2 rings (SSSR count). The Morgan fingerprint density at radius 2 is 1.77 bits per heavy atom. The van der Waals surface area contributed by atoms with Gasteiger partial charge in [-0.25, -0.2) is 0 Å². The van der Waals surface area contributed by atoms with Gasteiger partial charge in [0, 0.05) is 6.54 Å². The van der Waals surface area contributed by atoms with Gasteiger partial charge >= 0.3 is 0 Å². The molecule has 0 heterocycles. The molecule has 0 spiro atoms. The summed E-state index contributed by atoms with van der Waals surface area (Å²) in [6, 6.07) is 13.1. The lowest BCUT2D eigenvalue weighted by Crippen LogP contribution is -2.41. The normalized spacial score (nSPS) is 11.0. The molecule has 0 aromatic heterocycles. The number of hydrogen-bond donors (Lipinski definition) is 1. The van der Waals surface area contributed by atoms with Gasteiger partial charge in [-0.1, -0.05) is 35.6 Å². The Hall–Kier alpha value is -3.61. The second kappa shape index (κ2) is 12.8. The Morgan fingerprint density at radius 3 is 2.45 bits per heavy atom. The Balaban J connectivity index is 1.89. The first kappa shape index (κ1) is 23.7. The second-order valence-corrected chi connectivity index (χ2v) is 6.65. The van der Waals surface area contributed by atoms with Crippen molar-refractivity contribution in [2.75, 3.05) is 33.5 Å². The third-order valence-corrected chi connectivity index (χ3v) is 4.33. The summed E-state index contributed by atoms with van der Waals surface area (Å²) in [5.41, 5.74) is 2.10. The molecule has 2 aromatic carbocycles. The van der Waals surface area contributed by atoms with E-state index in [1.54, 1.807) is 13.2 Å². The molecule has 0 unspecified atom stereocenters. The van der Waals surface area contributed by atoms with Gasteiger partial charge in [0.05, 0.1) is 7.11 Å². The molecule has 0 bridgehead atoms. The van der Waals surface area contributed by atoms with Crippen LogP contribution in [0.5, 0.6) is 17.2 Å². The molecule has 31 heavy (non-hydrogen) atoms. The molecule has 0 radical (unpaired) electrons. The number of methoxy groups -OCH3 is 1. The maximum atomic E-state index is 12.6. The SMILES string of the molecule is C#CCOc1ccc(CCNC(=O)[C@@H](COc2ccc(C)cc2)OCC#C)cc1OC. The summed E-state index contributed by atoms with van der Waals surface area (Å²) in [6.07, 6.45) is 10.3. The third kappa shape index (κ3) is 7.97. The molecule has 0 aliphatic carbocycles. The van der Waals surface area contributed by atoms with Crippen LogP contribution in [0.4, 0.5) is 0 Å². The molecule has 162 valence electrons. The highest BCUT2D eigenvalue weighted by molar-refractivity contribution is 5.81. The predicted molar refractivity (Wildman–Crippen MR) is 119 cm³/mol. The fourth-order valence-corrected chi connectivity index (χ4v) is 2.70. The number of hydrogen-bond acceptors (Lipinski definition) is 5. The molecule has 1 N–H and O–H groups in total. The van der Waals surface area contributed by atoms with Crippen LogP contribution in [0.3, 0.4) is 0 Å². The molecule has 0 aliphatic rings. The van der Waals surface area contributed by atoms with Crippen molar-refractivity contribution in [1.29, 1.82) is 0 Å². The molecule has 1 amide bonds. The van der Waals surface area contributed by atoms with Crippen LogP contribution in [0.15, 0.2) is 42.5 Å². The van der Waals surface area contributed by atoms with Crippen molar-refractivity contribution >= 4 is 5.91 Å². The molecule has 1 atom stereocenters. The van der Waals surface area contributed by atoms with E-state index in [1.165, 1.54) is 0 Å². The molecule has 0 fully saturated rings. The van der Waals surface area contributed by atoms with E-state index in [-0.39, 0.29) is 25.7 Å². The summed E-state index contributed by atoms with van der Waals surface area (Å²) >= 11 is 0. The van der Waals surface area contributed by atoms with E-state index in [0.29, 0.717) is 30.2 Å². The van der Waals surface area contributed by atoms with Crippen LogP contribution < -0.4 is 19.5 Å². The Morgan fingerprint density at radius 1 is 1.03 bits per heavy atom. The molecule has 0 saturated carbocycles. The summed E-state index contributed by atoms with van der Waals surface area (Å²) in [5, 5.41) is 2.86. The van der Waals surface area contributed by atoms with Gasteiger partial charge in [0.1, 0.15) is 25.6 Å². The zero-order valence-corrected chi connectivity index (χ0v) is 17.9. The summed E-state index contributed by atoms with van der Waals surface area (Å²) in [4.78, 5) is 12.6. The standard InChI is InChI=1S/C25H27NO5/c1-5-15-29-22-12-9-20(17-23(22)28-4)13-14-26-25(27)24(30-16-6-2)18-31-21-10-7-19(3)8-11-21/h1-2,7-12,17,24H,13-16,18H2,3-4H3,(H,26,27)/t24-/m1/s1. The average Bonchev–Trinajstić information content (AvgIpc) is 2.79. The number of benzene rings is 2. The van der Waals surface area contributed by atoms with Crippen LogP contribution in [0, 0.1) is 31.6 Å². The zero-order chi connectivity index (χ0) is 22.5. The predicted octanol–water partition coefficient (Wildman–Crippen LogP) is 2.77. The van der Waals surface area contributed by atoms with Crippen LogP contribution in [0.1, 0.15) is 11.1 Å². The smallest absolute Gasteiger partial charge is 0.252 e. The van der Waals surface area contributed by atoms with Gasteiger partial charge < -0.3 is 24.3 Å². The van der Waals surface area contributed by atoms with Crippen LogP contribution in [-0.4, -0.2) is 45.5 Å². The van der Waals surface area contributed by atoms with Gasteiger partial charge in [0.25, 0.3) is 5.91 Å². The Kier molecular flexibility index (Phi) is 9.81. The molecule has 6 nitrogen and oxygen atoms in total. The third-order valence-electron chi connectivity index (χ3n) is 4.33. The Labute approximate surface area is 183 Å². The van der Waals surface area contributed by atoms with Crippen molar-refractivity contribution in [1.82, 2.24) is 5.32 Å². The lowest BCUT2D eigenvalue weighted by molar-refractivity contribution is -0.133. The first-order valence-corrected chi connectivity index (χ1v) is 9.82. The Bertz CT molecular complexity index is 924. The number of rotatable bonds is 12. The van der Waals surface area contributed by atoms with E-state index in [2.05, 4.69) is 17.2 Å². The van der Waals surface area contributed by atoms with Crippen molar-refractivity contribution in [2.45, 2.75) is 19.4 Å². The minimum Gasteiger partial charge on any atom is -0.493 e. The maximum absolute atomic E-state index is 12.6. The summed E-state index contributed by atoms with van der Waals surface area (Å²) in [6.45, 7) is 2.64. The van der Waals surface area contributed by atoms with Gasteiger partial charge in [0.15, 0.2) is 17.6 Å². The fourth-order valence-electron chi connectivity index (χ4n) is 2.70. The average molecular weight is 421 g/mol. The number of amides is 1. The number of nitrogens with one attached hydrogen (secondary N) is 1. The van der Waals surface area contributed by atoms with E-state index < -0.39 is 6.10 Å². The molecular weight excluding hydrogens is 394 g/mol. The lowest BCUT2D eigenvalue weighted by atomic mass is 10.1. The molecule has 0 saturated heterocycles. The second-order valence-electron chi connectivity index (χ2n) is 6.65. The number of carbonyl (C=O) groups excluding carboxylic acids is 1. The molecule has 6 heteroatoms. The van der Waals surface area contributed by atoms with Crippen molar-refractivity contribution in [3.63, 3.8) is 0 Å². The highest BCUT2D eigenvalue weighted by Gasteiger charge is 2.19. The van der Waals surface area contributed by atoms with E-state index in [1.807, 2.05) is 43.3 Å². The monoisotopic (exact) mass is 421 g/mol. The van der Waals surface area contributed by atoms with E-state index in [9.17, 15) is 4.79 Å². The van der Waals surface area contributed by atoms with Gasteiger partial charge in [-0.15, -0.1) is 12.8 Å². The van der Waals surface area contributed by atoms with E-state index in [4.69, 9.17) is 31.8 Å². The van der Waals surface area contributed by atoms with Crippen LogP contribution in [0.25, 0.3) is 0 Å². The minimum atomic E-state index is -0.813. The van der Waals surface area contributed by atoms with E-state index in [0.717, 1.165) is 11.1 Å². The van der Waals surface area contributed by atoms with Gasteiger partial charge in [-0.2, -0.15) is 0 Å². The van der Waals surface area contributed by atoms with E-state index >= 15 is 0 Å². The topological polar surface area (TPSA) is 66.0 Å². The minimum absolute atomic E-state index is 0.0195. The molecule has 0 aliphatic heterocycles. The maximum Gasteiger partial charge on any atom is 0.252 e. The summed E-state index contributed by atoms with van der Waals surface area (Å²) in [5.74, 6) is 6.32. The highest BCUT2D eigenvalue weighted by atomic mass is 16.5. The van der Waals surface area contributed by atoms with Crippen molar-refractivity contribution < 1.29 is 23.7 Å². The first-order valence-electron chi connectivity index (χ1n) is 9.82. The van der Waals surface area contributed by atoms with Crippen molar-refractivity contribution in [2.24, 2.45) is 0 Å². The first-order chi connectivity index (χ1) is 15.1. The van der Waals surface area contributed by atoms with Crippen molar-refractivity contribution in [3.05, 3.63) is 53.6 Å². The van der Waals surface area contributed by atoms with Crippen molar-refractivity contribution in [3.8, 4) is 41.9 Å². The fraction of sp³-hybridized carbons (Fsp3) is 0.320. The van der Waals surface area contributed by atoms with Gasteiger partial charge in [0.2, 0.25) is 0 Å². The molecule has 2 aromatic rings.